The third-order valence-corrected chi connectivity index (χ3v) is 4.36. The van der Waals surface area contributed by atoms with Gasteiger partial charge in [-0.1, -0.05) is 29.8 Å². The lowest BCUT2D eigenvalue weighted by Crippen LogP contribution is -2.34. The van der Waals surface area contributed by atoms with Gasteiger partial charge in [0, 0.05) is 13.5 Å². The Hall–Kier alpha value is -2.56. The Morgan fingerprint density at radius 1 is 1.30 bits per heavy atom. The number of carbonyl (C=O) groups excluding carboxylic acids is 2. The van der Waals surface area contributed by atoms with E-state index >= 15 is 0 Å². The standard InChI is InChI=1S/C18H20N2O3/c1-12-5-7-13(8-6-12)17-15(10-16(21)20(17)2)18(22)19-11-14-4-3-9-23-14/h3-9,15,17H,10-11H2,1-2H3,(H,19,22)/t15-,17+/m0/s1. The smallest absolute Gasteiger partial charge is 0.226 e. The minimum absolute atomic E-state index is 0.00581. The number of hydrogen-bond donors (Lipinski definition) is 1. The molecule has 2 atom stereocenters. The van der Waals surface area contributed by atoms with Crippen LogP contribution in [0.4, 0.5) is 0 Å². The zero-order valence-corrected chi connectivity index (χ0v) is 13.3. The van der Waals surface area contributed by atoms with Crippen LogP contribution in [0.5, 0.6) is 0 Å². The van der Waals surface area contributed by atoms with Gasteiger partial charge in [-0.25, -0.2) is 0 Å². The summed E-state index contributed by atoms with van der Waals surface area (Å²) >= 11 is 0. The lowest BCUT2D eigenvalue weighted by atomic mass is 9.92. The first kappa shape index (κ1) is 15.3. The monoisotopic (exact) mass is 312 g/mol. The highest BCUT2D eigenvalue weighted by Gasteiger charge is 2.42. The molecule has 0 aliphatic carbocycles. The Bertz CT molecular complexity index is 692. The van der Waals surface area contributed by atoms with Crippen molar-refractivity contribution in [3.05, 3.63) is 59.5 Å². The van der Waals surface area contributed by atoms with Gasteiger partial charge >= 0.3 is 0 Å². The van der Waals surface area contributed by atoms with Crippen molar-refractivity contribution in [3.63, 3.8) is 0 Å². The molecule has 5 heteroatoms. The Morgan fingerprint density at radius 2 is 2.04 bits per heavy atom. The number of nitrogens with one attached hydrogen (secondary N) is 1. The second kappa shape index (κ2) is 6.28. The number of furan rings is 1. The van der Waals surface area contributed by atoms with E-state index in [0.717, 1.165) is 11.1 Å². The molecule has 1 N–H and O–H groups in total. The molecule has 0 saturated carbocycles. The van der Waals surface area contributed by atoms with E-state index in [-0.39, 0.29) is 30.2 Å². The van der Waals surface area contributed by atoms with Gasteiger partial charge in [0.05, 0.1) is 24.8 Å². The van der Waals surface area contributed by atoms with Gasteiger partial charge in [0.15, 0.2) is 0 Å². The van der Waals surface area contributed by atoms with Crippen LogP contribution < -0.4 is 5.32 Å². The predicted octanol–water partition coefficient (Wildman–Crippen LogP) is 2.42. The van der Waals surface area contributed by atoms with Crippen LogP contribution in [-0.2, 0) is 16.1 Å². The molecule has 1 aliphatic rings. The van der Waals surface area contributed by atoms with Crippen molar-refractivity contribution in [2.24, 2.45) is 5.92 Å². The van der Waals surface area contributed by atoms with Crippen LogP contribution in [0.25, 0.3) is 0 Å². The van der Waals surface area contributed by atoms with Crippen LogP contribution in [0.1, 0.15) is 29.3 Å². The van der Waals surface area contributed by atoms with Crippen molar-refractivity contribution in [3.8, 4) is 0 Å². The molecule has 0 unspecified atom stereocenters. The summed E-state index contributed by atoms with van der Waals surface area (Å²) in [6.45, 7) is 2.35. The molecule has 23 heavy (non-hydrogen) atoms. The second-order valence-corrected chi connectivity index (χ2v) is 5.97. The van der Waals surface area contributed by atoms with Crippen LogP contribution in [0.2, 0.25) is 0 Å². The number of carbonyl (C=O) groups is 2. The van der Waals surface area contributed by atoms with Crippen molar-refractivity contribution in [1.82, 2.24) is 10.2 Å². The molecule has 1 aromatic heterocycles. The van der Waals surface area contributed by atoms with Crippen molar-refractivity contribution in [1.29, 1.82) is 0 Å². The van der Waals surface area contributed by atoms with Gasteiger partial charge in [-0.05, 0) is 24.6 Å². The van der Waals surface area contributed by atoms with E-state index in [9.17, 15) is 9.59 Å². The Labute approximate surface area is 135 Å². The second-order valence-electron chi connectivity index (χ2n) is 5.97. The number of rotatable bonds is 4. The van der Waals surface area contributed by atoms with Gasteiger partial charge in [-0.2, -0.15) is 0 Å². The van der Waals surface area contributed by atoms with Crippen molar-refractivity contribution in [2.75, 3.05) is 7.05 Å². The first-order valence-corrected chi connectivity index (χ1v) is 7.68. The van der Waals surface area contributed by atoms with Crippen LogP contribution >= 0.6 is 0 Å². The predicted molar refractivity (Wildman–Crippen MR) is 85.4 cm³/mol. The Kier molecular flexibility index (Phi) is 4.19. The van der Waals surface area contributed by atoms with E-state index in [1.807, 2.05) is 37.3 Å². The maximum atomic E-state index is 12.6. The third kappa shape index (κ3) is 3.13. The van der Waals surface area contributed by atoms with Crippen molar-refractivity contribution in [2.45, 2.75) is 25.9 Å². The van der Waals surface area contributed by atoms with Crippen LogP contribution in [0, 0.1) is 12.8 Å². The van der Waals surface area contributed by atoms with Gasteiger partial charge in [-0.15, -0.1) is 0 Å². The van der Waals surface area contributed by atoms with Crippen LogP contribution in [-0.4, -0.2) is 23.8 Å². The van der Waals surface area contributed by atoms with E-state index in [4.69, 9.17) is 4.42 Å². The molecule has 0 spiro atoms. The molecule has 2 aromatic rings. The molecule has 1 aromatic carbocycles. The fraction of sp³-hybridized carbons (Fsp3) is 0.333. The summed E-state index contributed by atoms with van der Waals surface area (Å²) in [5.41, 5.74) is 2.14. The fourth-order valence-corrected chi connectivity index (χ4v) is 3.04. The fourth-order valence-electron chi connectivity index (χ4n) is 3.04. The molecule has 5 nitrogen and oxygen atoms in total. The summed E-state index contributed by atoms with van der Waals surface area (Å²) in [5.74, 6) is 0.187. The topological polar surface area (TPSA) is 62.6 Å². The number of aryl methyl sites for hydroxylation is 1. The average Bonchev–Trinajstić information content (AvgIpc) is 3.15. The van der Waals surface area contributed by atoms with Gasteiger partial charge < -0.3 is 14.6 Å². The van der Waals surface area contributed by atoms with Gasteiger partial charge in [0.1, 0.15) is 5.76 Å². The Balaban J connectivity index is 1.76. The SMILES string of the molecule is Cc1ccc([C@@H]2[C@@H](C(=O)NCc3ccco3)CC(=O)N2C)cc1. The summed E-state index contributed by atoms with van der Waals surface area (Å²) in [7, 11) is 1.76. The van der Waals surface area contributed by atoms with Gasteiger partial charge in [0.2, 0.25) is 11.8 Å². The minimum atomic E-state index is -0.384. The molecule has 3 rings (SSSR count). The summed E-state index contributed by atoms with van der Waals surface area (Å²) < 4.78 is 5.22. The first-order valence-electron chi connectivity index (χ1n) is 7.68. The van der Waals surface area contributed by atoms with Crippen molar-refractivity contribution >= 4 is 11.8 Å². The normalized spacial score (nSPS) is 20.8. The van der Waals surface area contributed by atoms with E-state index in [1.54, 1.807) is 24.3 Å². The molecule has 120 valence electrons. The minimum Gasteiger partial charge on any atom is -0.467 e. The highest BCUT2D eigenvalue weighted by Crippen LogP contribution is 2.37. The summed E-state index contributed by atoms with van der Waals surface area (Å²) in [6.07, 6.45) is 1.81. The molecular formula is C18H20N2O3. The highest BCUT2D eigenvalue weighted by molar-refractivity contribution is 5.90. The van der Waals surface area contributed by atoms with Gasteiger partial charge in [0.25, 0.3) is 0 Å². The maximum Gasteiger partial charge on any atom is 0.226 e. The largest absolute Gasteiger partial charge is 0.467 e. The van der Waals surface area contributed by atoms with Crippen molar-refractivity contribution < 1.29 is 14.0 Å². The Morgan fingerprint density at radius 3 is 2.70 bits per heavy atom. The highest BCUT2D eigenvalue weighted by atomic mass is 16.3. The quantitative estimate of drug-likeness (QED) is 0.943. The summed E-state index contributed by atoms with van der Waals surface area (Å²) in [6, 6.07) is 11.4. The molecule has 1 aliphatic heterocycles. The average molecular weight is 312 g/mol. The lowest BCUT2D eigenvalue weighted by molar-refractivity contribution is -0.128. The molecule has 0 bridgehead atoms. The zero-order valence-electron chi connectivity index (χ0n) is 13.3. The molecule has 0 radical (unpaired) electrons. The van der Waals surface area contributed by atoms with E-state index in [2.05, 4.69) is 5.32 Å². The lowest BCUT2D eigenvalue weighted by Gasteiger charge is -2.25. The third-order valence-electron chi connectivity index (χ3n) is 4.36. The number of hydrogen-bond acceptors (Lipinski definition) is 3. The van der Waals surface area contributed by atoms with Gasteiger partial charge in [-0.3, -0.25) is 9.59 Å². The zero-order chi connectivity index (χ0) is 16.4. The number of nitrogens with zero attached hydrogens (tertiary/aromatic N) is 1. The summed E-state index contributed by atoms with van der Waals surface area (Å²) in [5, 5.41) is 2.87. The van der Waals surface area contributed by atoms with E-state index in [1.165, 1.54) is 0 Å². The number of benzene rings is 1. The molecule has 2 amide bonds. The molecule has 1 saturated heterocycles. The van der Waals surface area contributed by atoms with Crippen LogP contribution in [0.15, 0.2) is 47.1 Å². The van der Waals surface area contributed by atoms with E-state index in [0.29, 0.717) is 12.3 Å². The van der Waals surface area contributed by atoms with Crippen LogP contribution in [0.3, 0.4) is 0 Å². The summed E-state index contributed by atoms with van der Waals surface area (Å²) in [4.78, 5) is 26.3. The molecule has 1 fully saturated rings. The molecule has 2 heterocycles. The van der Waals surface area contributed by atoms with E-state index < -0.39 is 0 Å². The first-order chi connectivity index (χ1) is 11.1. The number of likely N-dealkylation sites (tertiary alicyclic amines) is 1. The number of amides is 2. The molecular weight excluding hydrogens is 292 g/mol. The maximum absolute atomic E-state index is 12.6.